The zero-order valence-electron chi connectivity index (χ0n) is 6.27. The Labute approximate surface area is 66.5 Å². The predicted molar refractivity (Wildman–Crippen MR) is 44.5 cm³/mol. The normalized spacial score (nSPS) is 31.2. The molecule has 2 fully saturated rings. The summed E-state index contributed by atoms with van der Waals surface area (Å²) in [6.45, 7) is 2.00. The number of hydrogen-bond donors (Lipinski definition) is 0. The van der Waals surface area contributed by atoms with Gasteiger partial charge in [0.15, 0.2) is 0 Å². The molecule has 0 radical (unpaired) electrons. The van der Waals surface area contributed by atoms with Gasteiger partial charge in [0.05, 0.1) is 13.2 Å². The molecule has 1 saturated heterocycles. The second-order valence-electron chi connectivity index (χ2n) is 3.29. The van der Waals surface area contributed by atoms with E-state index in [1.54, 1.807) is 0 Å². The van der Waals surface area contributed by atoms with Crippen molar-refractivity contribution in [3.63, 3.8) is 0 Å². The van der Waals surface area contributed by atoms with E-state index < -0.39 is 0 Å². The molecule has 1 heterocycles. The van der Waals surface area contributed by atoms with E-state index in [2.05, 4.69) is 11.8 Å². The highest BCUT2D eigenvalue weighted by atomic mass is 32.2. The van der Waals surface area contributed by atoms with Crippen LogP contribution in [-0.4, -0.2) is 23.7 Å². The van der Waals surface area contributed by atoms with Crippen molar-refractivity contribution in [3.8, 4) is 0 Å². The third-order valence-electron chi connectivity index (χ3n) is 2.52. The first kappa shape index (κ1) is 6.99. The maximum Gasteiger partial charge on any atom is 0.0613 e. The van der Waals surface area contributed by atoms with Crippen molar-refractivity contribution in [2.45, 2.75) is 30.4 Å². The summed E-state index contributed by atoms with van der Waals surface area (Å²) in [5, 5.41) is 0. The van der Waals surface area contributed by atoms with Gasteiger partial charge in [-0.2, -0.15) is 11.8 Å². The van der Waals surface area contributed by atoms with E-state index in [9.17, 15) is 0 Å². The lowest BCUT2D eigenvalue weighted by Gasteiger charge is -2.32. The summed E-state index contributed by atoms with van der Waals surface area (Å²) < 4.78 is 6.05. The zero-order valence-corrected chi connectivity index (χ0v) is 7.08. The molecule has 2 rings (SSSR count). The molecule has 0 bridgehead atoms. The molecular formula is C8H14OS. The lowest BCUT2D eigenvalue weighted by Crippen LogP contribution is -2.32. The Morgan fingerprint density at radius 3 is 2.60 bits per heavy atom. The molecule has 2 aliphatic rings. The average molecular weight is 158 g/mol. The van der Waals surface area contributed by atoms with Crippen molar-refractivity contribution in [2.24, 2.45) is 0 Å². The van der Waals surface area contributed by atoms with Crippen LogP contribution in [-0.2, 0) is 4.74 Å². The van der Waals surface area contributed by atoms with Gasteiger partial charge in [0.2, 0.25) is 0 Å². The van der Waals surface area contributed by atoms with E-state index in [1.807, 2.05) is 0 Å². The fourth-order valence-electron chi connectivity index (χ4n) is 1.92. The monoisotopic (exact) mass is 158 g/mol. The maximum absolute atomic E-state index is 5.49. The fourth-order valence-corrected chi connectivity index (χ4v) is 3.30. The molecule has 2 heteroatoms. The number of hydrogen-bond acceptors (Lipinski definition) is 2. The first-order valence-electron chi connectivity index (χ1n) is 4.13. The maximum atomic E-state index is 5.49. The van der Waals surface area contributed by atoms with Crippen molar-refractivity contribution in [2.75, 3.05) is 19.0 Å². The molecule has 0 unspecified atom stereocenters. The Morgan fingerprint density at radius 2 is 2.00 bits per heavy atom. The molecule has 0 aromatic rings. The molecule has 0 amide bonds. The minimum absolute atomic E-state index is 0.568. The quantitative estimate of drug-likeness (QED) is 0.533. The summed E-state index contributed by atoms with van der Waals surface area (Å²) in [6.07, 6.45) is 5.65. The van der Waals surface area contributed by atoms with Gasteiger partial charge >= 0.3 is 0 Å². The van der Waals surface area contributed by atoms with Gasteiger partial charge in [-0.25, -0.2) is 0 Å². The van der Waals surface area contributed by atoms with E-state index in [0.29, 0.717) is 4.75 Å². The lowest BCUT2D eigenvalue weighted by molar-refractivity contribution is 0.117. The Hall–Kier alpha value is 0.310. The predicted octanol–water partition coefficient (Wildman–Crippen LogP) is 2.06. The second kappa shape index (κ2) is 2.74. The van der Waals surface area contributed by atoms with E-state index in [1.165, 1.54) is 31.4 Å². The largest absolute Gasteiger partial charge is 0.379 e. The third kappa shape index (κ3) is 1.19. The lowest BCUT2D eigenvalue weighted by atomic mass is 10.1. The smallest absolute Gasteiger partial charge is 0.0613 e. The number of ether oxygens (including phenoxy) is 1. The average Bonchev–Trinajstić information content (AvgIpc) is 2.39. The topological polar surface area (TPSA) is 9.23 Å². The minimum Gasteiger partial charge on any atom is -0.379 e. The Morgan fingerprint density at radius 1 is 1.20 bits per heavy atom. The molecule has 1 saturated carbocycles. The summed E-state index contributed by atoms with van der Waals surface area (Å²) in [7, 11) is 0. The molecule has 1 aliphatic carbocycles. The molecule has 0 aromatic carbocycles. The van der Waals surface area contributed by atoms with Crippen LogP contribution in [0.15, 0.2) is 0 Å². The van der Waals surface area contributed by atoms with Crippen LogP contribution in [0.3, 0.4) is 0 Å². The summed E-state index contributed by atoms with van der Waals surface area (Å²) in [5.41, 5.74) is 0. The fraction of sp³-hybridized carbons (Fsp3) is 1.00. The van der Waals surface area contributed by atoms with E-state index in [4.69, 9.17) is 4.74 Å². The molecule has 1 aliphatic heterocycles. The van der Waals surface area contributed by atoms with Crippen molar-refractivity contribution in [3.05, 3.63) is 0 Å². The number of rotatable bonds is 0. The highest BCUT2D eigenvalue weighted by Crippen LogP contribution is 2.43. The van der Waals surface area contributed by atoms with Crippen LogP contribution >= 0.6 is 11.8 Å². The van der Waals surface area contributed by atoms with Crippen molar-refractivity contribution >= 4 is 11.8 Å². The molecular weight excluding hydrogens is 144 g/mol. The molecule has 58 valence electrons. The highest BCUT2D eigenvalue weighted by Gasteiger charge is 2.36. The van der Waals surface area contributed by atoms with Gasteiger partial charge in [0.25, 0.3) is 0 Å². The molecule has 0 aromatic heterocycles. The van der Waals surface area contributed by atoms with Crippen molar-refractivity contribution in [1.82, 2.24) is 0 Å². The summed E-state index contributed by atoms with van der Waals surface area (Å²) in [4.78, 5) is 0. The summed E-state index contributed by atoms with van der Waals surface area (Å²) >= 11 is 2.15. The van der Waals surface area contributed by atoms with Gasteiger partial charge in [0, 0.05) is 10.5 Å². The van der Waals surface area contributed by atoms with Gasteiger partial charge in [0.1, 0.15) is 0 Å². The van der Waals surface area contributed by atoms with Gasteiger partial charge in [-0.05, 0) is 12.8 Å². The Balaban J connectivity index is 1.98. The first-order valence-corrected chi connectivity index (χ1v) is 5.12. The molecule has 0 N–H and O–H groups in total. The van der Waals surface area contributed by atoms with Crippen LogP contribution < -0.4 is 0 Å². The molecule has 1 spiro atoms. The van der Waals surface area contributed by atoms with Gasteiger partial charge in [-0.1, -0.05) is 12.8 Å². The van der Waals surface area contributed by atoms with E-state index in [0.717, 1.165) is 13.2 Å². The van der Waals surface area contributed by atoms with Crippen LogP contribution in [0, 0.1) is 0 Å². The van der Waals surface area contributed by atoms with Crippen LogP contribution in [0.4, 0.5) is 0 Å². The van der Waals surface area contributed by atoms with Crippen molar-refractivity contribution in [1.29, 1.82) is 0 Å². The second-order valence-corrected chi connectivity index (χ2v) is 4.85. The van der Waals surface area contributed by atoms with E-state index in [-0.39, 0.29) is 0 Å². The van der Waals surface area contributed by atoms with Crippen molar-refractivity contribution < 1.29 is 4.74 Å². The van der Waals surface area contributed by atoms with Gasteiger partial charge in [-0.3, -0.25) is 0 Å². The summed E-state index contributed by atoms with van der Waals surface area (Å²) in [6, 6.07) is 0. The van der Waals surface area contributed by atoms with E-state index >= 15 is 0 Å². The molecule has 1 nitrogen and oxygen atoms in total. The first-order chi connectivity index (χ1) is 4.91. The van der Waals surface area contributed by atoms with Gasteiger partial charge in [-0.15, -0.1) is 0 Å². The zero-order chi connectivity index (χ0) is 6.86. The number of thioether (sulfide) groups is 1. The molecule has 10 heavy (non-hydrogen) atoms. The third-order valence-corrected chi connectivity index (χ3v) is 4.03. The SMILES string of the molecule is C1CCC2(C1)COCCS2. The highest BCUT2D eigenvalue weighted by molar-refractivity contribution is 8.00. The van der Waals surface area contributed by atoms with Gasteiger partial charge < -0.3 is 4.74 Å². The Kier molecular flexibility index (Phi) is 1.92. The summed E-state index contributed by atoms with van der Waals surface area (Å²) in [5.74, 6) is 1.22. The molecule has 0 atom stereocenters. The standard InChI is InChI=1S/C8H14OS/c1-2-4-8(3-1)7-9-5-6-10-8/h1-7H2. The van der Waals surface area contributed by atoms with Crippen LogP contribution in [0.2, 0.25) is 0 Å². The van der Waals surface area contributed by atoms with Crippen LogP contribution in [0.25, 0.3) is 0 Å². The van der Waals surface area contributed by atoms with Crippen LogP contribution in [0.5, 0.6) is 0 Å². The Bertz CT molecular complexity index is 110. The minimum atomic E-state index is 0.568. The van der Waals surface area contributed by atoms with Crippen LogP contribution in [0.1, 0.15) is 25.7 Å².